The number of carbonyl (C=O) groups is 3. The summed E-state index contributed by atoms with van der Waals surface area (Å²) in [4.78, 5) is 41.0. The summed E-state index contributed by atoms with van der Waals surface area (Å²) in [6, 6.07) is 8.18. The van der Waals surface area contributed by atoms with Gasteiger partial charge in [0.05, 0.1) is 12.6 Å². The predicted molar refractivity (Wildman–Crippen MR) is 122 cm³/mol. The molecule has 0 spiro atoms. The summed E-state index contributed by atoms with van der Waals surface area (Å²) in [5.74, 6) is -0.524. The Morgan fingerprint density at radius 3 is 2.59 bits per heavy atom. The van der Waals surface area contributed by atoms with Crippen LogP contribution in [-0.2, 0) is 20.9 Å². The van der Waals surface area contributed by atoms with Crippen LogP contribution in [0.15, 0.2) is 30.3 Å². The highest BCUT2D eigenvalue weighted by molar-refractivity contribution is 5.93. The number of rotatable bonds is 9. The average molecular weight is 445 g/mol. The van der Waals surface area contributed by atoms with Gasteiger partial charge in [-0.3, -0.25) is 14.4 Å². The molecule has 2 saturated heterocycles. The van der Waals surface area contributed by atoms with Crippen molar-refractivity contribution in [3.05, 3.63) is 35.9 Å². The number of carbonyl (C=O) groups excluding carboxylic acids is 3. The van der Waals surface area contributed by atoms with Gasteiger partial charge in [-0.15, -0.1) is 0 Å². The Bertz CT molecular complexity index is 773. The van der Waals surface area contributed by atoms with Gasteiger partial charge in [-0.25, -0.2) is 0 Å². The lowest BCUT2D eigenvalue weighted by Gasteiger charge is -2.35. The first-order valence-corrected chi connectivity index (χ1v) is 11.8. The molecule has 4 atom stereocenters. The van der Waals surface area contributed by atoms with Crippen molar-refractivity contribution in [2.45, 2.75) is 82.6 Å². The quantitative estimate of drug-likeness (QED) is 0.456. The summed E-state index contributed by atoms with van der Waals surface area (Å²) in [5.41, 5.74) is 1.01. The zero-order valence-corrected chi connectivity index (χ0v) is 18.9. The van der Waals surface area contributed by atoms with E-state index in [0.29, 0.717) is 32.4 Å². The molecule has 2 aliphatic heterocycles. The van der Waals surface area contributed by atoms with Gasteiger partial charge in [0, 0.05) is 19.1 Å². The van der Waals surface area contributed by atoms with E-state index in [-0.39, 0.29) is 30.4 Å². The molecule has 0 unspecified atom stereocenters. The predicted octanol–water partition coefficient (Wildman–Crippen LogP) is 1.08. The number of aliphatic hydroxyl groups excluding tert-OH is 1. The van der Waals surface area contributed by atoms with Crippen LogP contribution in [0.3, 0.4) is 0 Å². The monoisotopic (exact) mass is 444 g/mol. The van der Waals surface area contributed by atoms with E-state index in [9.17, 15) is 14.4 Å². The van der Waals surface area contributed by atoms with E-state index in [2.05, 4.69) is 16.0 Å². The Hall–Kier alpha value is -2.45. The number of hydrogen-bond donors (Lipinski definition) is 4. The van der Waals surface area contributed by atoms with E-state index < -0.39 is 18.1 Å². The second-order valence-electron chi connectivity index (χ2n) is 8.68. The highest BCUT2D eigenvalue weighted by Gasteiger charge is 2.43. The largest absolute Gasteiger partial charge is 0.395 e. The van der Waals surface area contributed by atoms with Crippen molar-refractivity contribution in [2.24, 2.45) is 0 Å². The maximum Gasteiger partial charge on any atom is 0.246 e. The molecule has 8 heteroatoms. The third kappa shape index (κ3) is 6.07. The number of fused-ring (bicyclic) bond motifs is 1. The van der Waals surface area contributed by atoms with Crippen LogP contribution in [0.4, 0.5) is 0 Å². The summed E-state index contributed by atoms with van der Waals surface area (Å²) in [6.45, 7) is 2.58. The Morgan fingerprint density at radius 1 is 1.12 bits per heavy atom. The number of nitrogens with one attached hydrogen (secondary N) is 3. The normalized spacial score (nSPS) is 24.2. The lowest BCUT2D eigenvalue weighted by Crippen LogP contribution is -2.58. The minimum atomic E-state index is -0.627. The first-order chi connectivity index (χ1) is 15.5. The molecule has 1 aromatic rings. The smallest absolute Gasteiger partial charge is 0.246 e. The number of nitrogens with zero attached hydrogens (tertiary/aromatic N) is 1. The lowest BCUT2D eigenvalue weighted by molar-refractivity contribution is -0.144. The Morgan fingerprint density at radius 2 is 1.88 bits per heavy atom. The van der Waals surface area contributed by atoms with Crippen molar-refractivity contribution in [1.29, 1.82) is 0 Å². The average Bonchev–Trinajstić information content (AvgIpc) is 3.22. The van der Waals surface area contributed by atoms with Gasteiger partial charge in [0.25, 0.3) is 0 Å². The fourth-order valence-electron chi connectivity index (χ4n) is 4.76. The molecule has 3 rings (SSSR count). The van der Waals surface area contributed by atoms with E-state index in [1.807, 2.05) is 37.3 Å². The van der Waals surface area contributed by atoms with Gasteiger partial charge in [0.1, 0.15) is 12.1 Å². The van der Waals surface area contributed by atoms with Crippen molar-refractivity contribution in [3.8, 4) is 0 Å². The van der Waals surface area contributed by atoms with E-state index >= 15 is 0 Å². The van der Waals surface area contributed by atoms with Crippen LogP contribution < -0.4 is 16.0 Å². The van der Waals surface area contributed by atoms with Crippen LogP contribution in [0.1, 0.15) is 57.4 Å². The second-order valence-corrected chi connectivity index (χ2v) is 8.68. The standard InChI is InChI=1S/C24H36N4O4/c1-2-19(25-14-15-29)22(30)27-20-11-7-6-10-18-12-13-21(28(18)24(20)32)23(31)26-16-17-8-4-3-5-9-17/h3-5,8-9,18-21,25,29H,2,6-7,10-16H2,1H3,(H,26,31)(H,27,30)/t18-,19-,20-,21-/m0/s1. The maximum absolute atomic E-state index is 13.5. The van der Waals surface area contributed by atoms with Gasteiger partial charge >= 0.3 is 0 Å². The van der Waals surface area contributed by atoms with E-state index in [1.165, 1.54) is 0 Å². The molecule has 32 heavy (non-hydrogen) atoms. The van der Waals surface area contributed by atoms with Crippen LogP contribution in [0.5, 0.6) is 0 Å². The minimum absolute atomic E-state index is 0.0455. The second kappa shape index (κ2) is 12.0. The first kappa shape index (κ1) is 24.2. The summed E-state index contributed by atoms with van der Waals surface area (Å²) < 4.78 is 0. The molecule has 2 aliphatic rings. The van der Waals surface area contributed by atoms with Crippen LogP contribution in [0, 0.1) is 0 Å². The van der Waals surface area contributed by atoms with Gasteiger partial charge in [0.15, 0.2) is 0 Å². The zero-order valence-electron chi connectivity index (χ0n) is 18.9. The highest BCUT2D eigenvalue weighted by atomic mass is 16.3. The number of benzene rings is 1. The SMILES string of the molecule is CC[C@H](NCCO)C(=O)N[C@H]1CCCC[C@H]2CC[C@@H](C(=O)NCc3ccccc3)N2C1=O. The van der Waals surface area contributed by atoms with Crippen LogP contribution >= 0.6 is 0 Å². The molecule has 0 bridgehead atoms. The van der Waals surface area contributed by atoms with E-state index in [0.717, 1.165) is 31.2 Å². The highest BCUT2D eigenvalue weighted by Crippen LogP contribution is 2.31. The number of aliphatic hydroxyl groups is 1. The van der Waals surface area contributed by atoms with Crippen LogP contribution in [0.25, 0.3) is 0 Å². The van der Waals surface area contributed by atoms with Crippen molar-refractivity contribution in [3.63, 3.8) is 0 Å². The fourth-order valence-corrected chi connectivity index (χ4v) is 4.76. The molecule has 0 radical (unpaired) electrons. The summed E-state index contributed by atoms with van der Waals surface area (Å²) in [5, 5.41) is 17.9. The third-order valence-corrected chi connectivity index (χ3v) is 6.49. The van der Waals surface area contributed by atoms with Gasteiger partial charge in [-0.05, 0) is 37.7 Å². The molecule has 3 amide bonds. The Balaban J connectivity index is 1.67. The molecule has 0 aliphatic carbocycles. The first-order valence-electron chi connectivity index (χ1n) is 11.8. The minimum Gasteiger partial charge on any atom is -0.395 e. The Kier molecular flexibility index (Phi) is 9.05. The molecule has 2 heterocycles. The molecule has 8 nitrogen and oxygen atoms in total. The molecule has 0 aromatic heterocycles. The van der Waals surface area contributed by atoms with Crippen molar-refractivity contribution in [2.75, 3.05) is 13.2 Å². The molecule has 176 valence electrons. The van der Waals surface area contributed by atoms with Gasteiger partial charge < -0.3 is 26.0 Å². The molecule has 1 aromatic carbocycles. The molecule has 0 saturated carbocycles. The maximum atomic E-state index is 13.5. The number of amides is 3. The van der Waals surface area contributed by atoms with Crippen molar-refractivity contribution >= 4 is 17.7 Å². The lowest BCUT2D eigenvalue weighted by atomic mass is 9.98. The fraction of sp³-hybridized carbons (Fsp3) is 0.625. The summed E-state index contributed by atoms with van der Waals surface area (Å²) in [6.07, 6.45) is 5.32. The van der Waals surface area contributed by atoms with Crippen molar-refractivity contribution < 1.29 is 19.5 Å². The molecule has 2 fully saturated rings. The van der Waals surface area contributed by atoms with Crippen molar-refractivity contribution in [1.82, 2.24) is 20.9 Å². The number of hydrogen-bond acceptors (Lipinski definition) is 5. The van der Waals surface area contributed by atoms with E-state index in [1.54, 1.807) is 4.90 Å². The van der Waals surface area contributed by atoms with Gasteiger partial charge in [-0.1, -0.05) is 50.1 Å². The zero-order chi connectivity index (χ0) is 22.9. The van der Waals surface area contributed by atoms with E-state index in [4.69, 9.17) is 5.11 Å². The van der Waals surface area contributed by atoms with Crippen LogP contribution in [-0.4, -0.2) is 65.0 Å². The van der Waals surface area contributed by atoms with Gasteiger partial charge in [0.2, 0.25) is 17.7 Å². The Labute approximate surface area is 190 Å². The third-order valence-electron chi connectivity index (χ3n) is 6.49. The van der Waals surface area contributed by atoms with Gasteiger partial charge in [-0.2, -0.15) is 0 Å². The van der Waals surface area contributed by atoms with Crippen LogP contribution in [0.2, 0.25) is 0 Å². The summed E-state index contributed by atoms with van der Waals surface area (Å²) >= 11 is 0. The molecular formula is C24H36N4O4. The topological polar surface area (TPSA) is 111 Å². The molecule has 4 N–H and O–H groups in total. The molecular weight excluding hydrogens is 408 g/mol. The summed E-state index contributed by atoms with van der Waals surface area (Å²) in [7, 11) is 0.